The maximum absolute atomic E-state index is 15.0. The van der Waals surface area contributed by atoms with E-state index < -0.39 is 76.5 Å². The topological polar surface area (TPSA) is 203 Å². The highest BCUT2D eigenvalue weighted by atomic mass is 16.2. The average Bonchev–Trinajstić information content (AvgIpc) is 3.81. The van der Waals surface area contributed by atoms with Crippen molar-refractivity contribution in [2.45, 2.75) is 148 Å². The molecule has 4 fully saturated rings. The molecule has 4 aliphatic rings. The van der Waals surface area contributed by atoms with E-state index in [-0.39, 0.29) is 36.5 Å². The van der Waals surface area contributed by atoms with Crippen LogP contribution < -0.4 is 21.3 Å². The Bertz CT molecular complexity index is 1630. The first-order valence-corrected chi connectivity index (χ1v) is 19.9. The van der Waals surface area contributed by atoms with Crippen LogP contribution in [-0.2, 0) is 28.8 Å². The molecule has 1 aromatic rings. The van der Waals surface area contributed by atoms with E-state index in [9.17, 15) is 28.8 Å². The fourth-order valence-corrected chi connectivity index (χ4v) is 8.84. The highest BCUT2D eigenvalue weighted by molar-refractivity contribution is 6.38. The Labute approximate surface area is 323 Å². The van der Waals surface area contributed by atoms with E-state index in [0.29, 0.717) is 32.4 Å². The number of likely N-dealkylation sites (N-methyl/N-ethyl adjacent to an activating group) is 1. The Hall–Kier alpha value is -4.31. The summed E-state index contributed by atoms with van der Waals surface area (Å²) in [6.07, 6.45) is 10.6. The lowest BCUT2D eigenvalue weighted by Gasteiger charge is -2.38. The molecule has 302 valence electrons. The normalized spacial score (nSPS) is 25.0. The van der Waals surface area contributed by atoms with Crippen LogP contribution in [0.2, 0.25) is 0 Å². The molecule has 1 unspecified atom stereocenters. The van der Waals surface area contributed by atoms with Crippen molar-refractivity contribution in [1.29, 1.82) is 0 Å². The van der Waals surface area contributed by atoms with Crippen LogP contribution in [0.15, 0.2) is 18.6 Å². The Morgan fingerprint density at radius 3 is 2.27 bits per heavy atom. The number of carbonyl (C=O) groups excluding carboxylic acids is 7. The van der Waals surface area contributed by atoms with Crippen molar-refractivity contribution in [3.05, 3.63) is 24.3 Å². The molecule has 3 saturated heterocycles. The lowest BCUT2D eigenvalue weighted by Crippen LogP contribution is -2.64. The van der Waals surface area contributed by atoms with E-state index in [0.717, 1.165) is 37.0 Å². The molecule has 0 bridgehead atoms. The third-order valence-electron chi connectivity index (χ3n) is 11.6. The number of fused-ring (bicyclic) bond motifs is 2. The number of imide groups is 1. The number of rotatable bonds is 13. The number of nitrogens with one attached hydrogen (secondary N) is 4. The molecule has 1 aliphatic carbocycles. The van der Waals surface area contributed by atoms with E-state index in [1.807, 2.05) is 18.9 Å². The van der Waals surface area contributed by atoms with Gasteiger partial charge in [0.1, 0.15) is 23.8 Å². The summed E-state index contributed by atoms with van der Waals surface area (Å²) in [5, 5.41) is 11.1. The van der Waals surface area contributed by atoms with E-state index in [4.69, 9.17) is 0 Å². The molecular weight excluding hydrogens is 706 g/mol. The van der Waals surface area contributed by atoms with Gasteiger partial charge >= 0.3 is 0 Å². The van der Waals surface area contributed by atoms with Crippen LogP contribution in [0.3, 0.4) is 0 Å². The third-order valence-corrected chi connectivity index (χ3v) is 11.6. The number of likely N-dealkylation sites (tertiary alicyclic amines) is 1. The standard InChI is InChI=1S/C39H59N9O7/c1-8-13-26(30(49)35(53)42-23(2)3)43-33(51)28-20-39(46(7)22-25-16-12-19-47(25)39)37(55)48(28)36(54)31(38(4,5)6)45-34(52)29(24-14-10-9-11-15-24)44-32(50)27-21-40-17-18-41-27/h17-18,21,23-26,28-29,31H,8-16,19-20,22H2,1-7H3,(H,42,53)(H,43,51)(H,44,50)(H,45,52)/t25-,26?,28+,29+,31-,39-/m1/s1. The van der Waals surface area contributed by atoms with Gasteiger partial charge in [-0.1, -0.05) is 53.4 Å². The predicted molar refractivity (Wildman–Crippen MR) is 202 cm³/mol. The molecule has 4 heterocycles. The highest BCUT2D eigenvalue weighted by Crippen LogP contribution is 2.45. The van der Waals surface area contributed by atoms with Gasteiger partial charge in [0.15, 0.2) is 5.66 Å². The molecule has 1 saturated carbocycles. The first kappa shape index (κ1) is 41.8. The summed E-state index contributed by atoms with van der Waals surface area (Å²) >= 11 is 0. The largest absolute Gasteiger partial charge is 0.347 e. The first-order valence-electron chi connectivity index (χ1n) is 19.9. The Morgan fingerprint density at radius 1 is 0.945 bits per heavy atom. The van der Waals surface area contributed by atoms with Gasteiger partial charge in [-0.15, -0.1) is 0 Å². The van der Waals surface area contributed by atoms with Crippen molar-refractivity contribution in [3.63, 3.8) is 0 Å². The van der Waals surface area contributed by atoms with Crippen LogP contribution in [0.25, 0.3) is 0 Å². The number of hydrogen-bond acceptors (Lipinski definition) is 11. The van der Waals surface area contributed by atoms with Crippen LogP contribution in [-0.4, -0.2) is 128 Å². The molecule has 55 heavy (non-hydrogen) atoms. The molecule has 0 aromatic carbocycles. The molecule has 6 atom stereocenters. The minimum absolute atomic E-state index is 0.0452. The van der Waals surface area contributed by atoms with Crippen LogP contribution in [0.1, 0.15) is 116 Å². The van der Waals surface area contributed by atoms with Crippen LogP contribution in [0, 0.1) is 11.3 Å². The van der Waals surface area contributed by atoms with E-state index >= 15 is 4.79 Å². The summed E-state index contributed by atoms with van der Waals surface area (Å²) in [4.78, 5) is 111. The highest BCUT2D eigenvalue weighted by Gasteiger charge is 2.66. The van der Waals surface area contributed by atoms with Crippen molar-refractivity contribution in [3.8, 4) is 0 Å². The van der Waals surface area contributed by atoms with Crippen LogP contribution >= 0.6 is 0 Å². The molecule has 4 N–H and O–H groups in total. The number of aromatic nitrogens is 2. The van der Waals surface area contributed by atoms with Gasteiger partial charge in [-0.3, -0.25) is 53.2 Å². The molecule has 1 aromatic heterocycles. The van der Waals surface area contributed by atoms with Crippen LogP contribution in [0.4, 0.5) is 0 Å². The minimum Gasteiger partial charge on any atom is -0.347 e. The second-order valence-electron chi connectivity index (χ2n) is 17.0. The van der Waals surface area contributed by atoms with Crippen molar-refractivity contribution in [2.24, 2.45) is 11.3 Å². The predicted octanol–water partition coefficient (Wildman–Crippen LogP) is 1.30. The van der Waals surface area contributed by atoms with Gasteiger partial charge in [0, 0.05) is 44.0 Å². The first-order chi connectivity index (χ1) is 26.0. The Balaban J connectivity index is 1.48. The molecule has 6 amide bonds. The summed E-state index contributed by atoms with van der Waals surface area (Å²) in [7, 11) is 1.82. The van der Waals surface area contributed by atoms with E-state index in [1.54, 1.807) is 34.6 Å². The molecule has 1 spiro atoms. The summed E-state index contributed by atoms with van der Waals surface area (Å²) in [5.74, 6) is -5.06. The zero-order chi connectivity index (χ0) is 40.2. The second-order valence-corrected chi connectivity index (χ2v) is 17.0. The summed E-state index contributed by atoms with van der Waals surface area (Å²) < 4.78 is 0. The molecule has 5 rings (SSSR count). The van der Waals surface area contributed by atoms with Gasteiger partial charge in [0.2, 0.25) is 17.6 Å². The van der Waals surface area contributed by atoms with Gasteiger partial charge in [-0.05, 0) is 64.3 Å². The summed E-state index contributed by atoms with van der Waals surface area (Å²) in [5.41, 5.74) is -2.20. The average molecular weight is 766 g/mol. The third kappa shape index (κ3) is 8.74. The summed E-state index contributed by atoms with van der Waals surface area (Å²) in [6, 6.07) is -5.04. The molecule has 16 heteroatoms. The van der Waals surface area contributed by atoms with Gasteiger partial charge in [0.25, 0.3) is 23.6 Å². The van der Waals surface area contributed by atoms with Crippen molar-refractivity contribution < 1.29 is 33.6 Å². The monoisotopic (exact) mass is 765 g/mol. The quantitative estimate of drug-likeness (QED) is 0.211. The number of ketones is 1. The number of amides is 6. The lowest BCUT2D eigenvalue weighted by atomic mass is 9.82. The Kier molecular flexibility index (Phi) is 13.1. The SMILES string of the molecule is CCCC(NC(=O)[C@@H]1C[C@@]2(C(=O)N1C(=O)[C@@H](NC(=O)[C@@H](NC(=O)c1cnccn1)C1CCCCC1)C(C)(C)C)N(C)C[C@H]1CCCN12)C(=O)C(=O)NC(C)C. The second kappa shape index (κ2) is 17.2. The van der Waals surface area contributed by atoms with E-state index in [1.165, 1.54) is 18.6 Å². The number of Topliss-reactive ketones (excluding diaryl/α,β-unsaturated/α-hetero) is 1. The van der Waals surface area contributed by atoms with E-state index in [2.05, 4.69) is 36.1 Å². The number of nitrogens with zero attached hydrogens (tertiary/aromatic N) is 5. The minimum atomic E-state index is -1.34. The van der Waals surface area contributed by atoms with Crippen LogP contribution in [0.5, 0.6) is 0 Å². The smallest absolute Gasteiger partial charge is 0.289 e. The fraction of sp³-hybridized carbons (Fsp3) is 0.718. The zero-order valence-corrected chi connectivity index (χ0v) is 33.4. The molecule has 0 radical (unpaired) electrons. The zero-order valence-electron chi connectivity index (χ0n) is 33.4. The van der Waals surface area contributed by atoms with Crippen molar-refractivity contribution in [1.82, 2.24) is 45.9 Å². The van der Waals surface area contributed by atoms with Gasteiger partial charge < -0.3 is 21.3 Å². The van der Waals surface area contributed by atoms with Gasteiger partial charge in [0.05, 0.1) is 12.2 Å². The van der Waals surface area contributed by atoms with Crippen molar-refractivity contribution in [2.75, 3.05) is 20.1 Å². The summed E-state index contributed by atoms with van der Waals surface area (Å²) in [6.45, 7) is 11.7. The molecule has 16 nitrogen and oxygen atoms in total. The maximum Gasteiger partial charge on any atom is 0.289 e. The number of hydrogen-bond donors (Lipinski definition) is 4. The molecular formula is C39H59N9O7. The maximum atomic E-state index is 15.0. The van der Waals surface area contributed by atoms with Crippen molar-refractivity contribution >= 4 is 41.2 Å². The van der Waals surface area contributed by atoms with Gasteiger partial charge in [-0.25, -0.2) is 4.98 Å². The fourth-order valence-electron chi connectivity index (χ4n) is 8.84. The Morgan fingerprint density at radius 2 is 1.65 bits per heavy atom. The van der Waals surface area contributed by atoms with Gasteiger partial charge in [-0.2, -0.15) is 0 Å². The molecule has 3 aliphatic heterocycles. The lowest BCUT2D eigenvalue weighted by molar-refractivity contribution is -0.157. The number of carbonyl (C=O) groups is 7.